The van der Waals surface area contributed by atoms with Crippen LogP contribution in [-0.2, 0) is 9.59 Å². The normalized spacial score (nSPS) is 9.82. The molecular formula is C23H25O4P. The molecule has 0 radical (unpaired) electrons. The highest BCUT2D eigenvalue weighted by Crippen LogP contribution is 2.51. The van der Waals surface area contributed by atoms with E-state index in [-0.39, 0.29) is 0 Å². The molecule has 3 aromatic rings. The summed E-state index contributed by atoms with van der Waals surface area (Å²) in [7, 11) is -1.53. The van der Waals surface area contributed by atoms with Crippen molar-refractivity contribution in [2.24, 2.45) is 0 Å². The Hall–Kier alpha value is -2.97. The molecule has 0 saturated heterocycles. The lowest BCUT2D eigenvalue weighted by Gasteiger charge is -2.22. The molecule has 0 atom stereocenters. The summed E-state index contributed by atoms with van der Waals surface area (Å²) in [5.74, 6) is -1.92. The minimum Gasteiger partial charge on any atom is -0.550 e. The predicted octanol–water partition coefficient (Wildman–Crippen LogP) is 2.46. The topological polar surface area (TPSA) is 77.4 Å². The van der Waals surface area contributed by atoms with E-state index in [0.717, 1.165) is 13.8 Å². The second-order valence-electron chi connectivity index (χ2n) is 6.02. The molecule has 0 fully saturated rings. The molecule has 0 spiro atoms. The van der Waals surface area contributed by atoms with Gasteiger partial charge >= 0.3 is 0 Å². The Kier molecular flexibility index (Phi) is 9.63. The van der Waals surface area contributed by atoms with Gasteiger partial charge in [-0.05, 0) is 43.3 Å². The number of carbonyl (C=O) groups excluding carboxylic acids is 1. The summed E-state index contributed by atoms with van der Waals surface area (Å²) in [6, 6.07) is 32.6. The fourth-order valence-corrected chi connectivity index (χ4v) is 5.83. The van der Waals surface area contributed by atoms with Crippen LogP contribution in [0, 0.1) is 0 Å². The molecule has 146 valence electrons. The van der Waals surface area contributed by atoms with Gasteiger partial charge in [-0.3, -0.25) is 4.79 Å². The van der Waals surface area contributed by atoms with Crippen LogP contribution in [0.4, 0.5) is 0 Å². The second kappa shape index (κ2) is 11.7. The van der Waals surface area contributed by atoms with Gasteiger partial charge in [-0.25, -0.2) is 0 Å². The average molecular weight is 396 g/mol. The fourth-order valence-electron chi connectivity index (χ4n) is 2.63. The van der Waals surface area contributed by atoms with Crippen LogP contribution in [0.15, 0.2) is 91.0 Å². The standard InChI is InChI=1S/C19H18P.2C2H4O2/c1-20(17-11-5-2-6-12-17,18-13-7-3-8-14-18)19-15-9-4-10-16-19;2*1-2(3)4/h2-16H,1H3;2*1H3,(H,3,4)/q+1;;/p-1. The lowest BCUT2D eigenvalue weighted by Crippen LogP contribution is -2.30. The van der Waals surface area contributed by atoms with Gasteiger partial charge in [0, 0.05) is 12.9 Å². The molecule has 0 saturated carbocycles. The summed E-state index contributed by atoms with van der Waals surface area (Å²) in [6.45, 7) is 4.47. The molecule has 0 unspecified atom stereocenters. The van der Waals surface area contributed by atoms with E-state index < -0.39 is 19.2 Å². The molecule has 4 nitrogen and oxygen atoms in total. The molecule has 0 aliphatic rings. The van der Waals surface area contributed by atoms with Crippen LogP contribution in [-0.4, -0.2) is 23.7 Å². The molecule has 0 aliphatic heterocycles. The van der Waals surface area contributed by atoms with Crippen LogP contribution in [0.1, 0.15) is 13.8 Å². The summed E-state index contributed by atoms with van der Waals surface area (Å²) >= 11 is 0. The Balaban J connectivity index is 0.000000420. The summed E-state index contributed by atoms with van der Waals surface area (Å²) in [6.07, 6.45) is 0. The lowest BCUT2D eigenvalue weighted by molar-refractivity contribution is -0.302. The second-order valence-corrected chi connectivity index (χ2v) is 9.59. The Morgan fingerprint density at radius 3 is 1.04 bits per heavy atom. The number of carbonyl (C=O) groups is 2. The van der Waals surface area contributed by atoms with E-state index in [1.807, 2.05) is 0 Å². The maximum Gasteiger partial charge on any atom is 0.300 e. The number of carboxylic acid groups (broad SMARTS) is 2. The molecule has 5 heteroatoms. The molecule has 3 aromatic carbocycles. The third-order valence-electron chi connectivity index (χ3n) is 3.82. The van der Waals surface area contributed by atoms with E-state index in [9.17, 15) is 0 Å². The van der Waals surface area contributed by atoms with Crippen molar-refractivity contribution in [2.45, 2.75) is 13.8 Å². The first-order valence-electron chi connectivity index (χ1n) is 8.69. The molecular weight excluding hydrogens is 371 g/mol. The van der Waals surface area contributed by atoms with Crippen molar-refractivity contribution in [3.8, 4) is 0 Å². The van der Waals surface area contributed by atoms with E-state index >= 15 is 0 Å². The SMILES string of the molecule is CC(=O)O.CC(=O)[O-].C[P+](c1ccccc1)(c1ccccc1)c1ccccc1. The van der Waals surface area contributed by atoms with Crippen molar-refractivity contribution in [1.82, 2.24) is 0 Å². The van der Waals surface area contributed by atoms with Crippen LogP contribution in [0.25, 0.3) is 0 Å². The number of aliphatic carboxylic acids is 2. The van der Waals surface area contributed by atoms with Gasteiger partial charge in [-0.15, -0.1) is 0 Å². The van der Waals surface area contributed by atoms with Gasteiger partial charge in [0.25, 0.3) is 5.97 Å². The molecule has 0 bridgehead atoms. The van der Waals surface area contributed by atoms with Gasteiger partial charge < -0.3 is 15.0 Å². The fraction of sp³-hybridized carbons (Fsp3) is 0.130. The number of carboxylic acids is 2. The van der Waals surface area contributed by atoms with Crippen LogP contribution >= 0.6 is 7.26 Å². The smallest absolute Gasteiger partial charge is 0.300 e. The molecule has 1 N–H and O–H groups in total. The van der Waals surface area contributed by atoms with Crippen molar-refractivity contribution < 1.29 is 19.8 Å². The lowest BCUT2D eigenvalue weighted by atomic mass is 10.4. The van der Waals surface area contributed by atoms with E-state index in [1.54, 1.807) is 0 Å². The first-order valence-corrected chi connectivity index (χ1v) is 10.9. The van der Waals surface area contributed by atoms with Crippen LogP contribution in [0.3, 0.4) is 0 Å². The average Bonchev–Trinajstić information content (AvgIpc) is 2.68. The predicted molar refractivity (Wildman–Crippen MR) is 115 cm³/mol. The number of hydrogen-bond acceptors (Lipinski definition) is 3. The maximum absolute atomic E-state index is 9.00. The van der Waals surface area contributed by atoms with Gasteiger partial charge in [-0.2, -0.15) is 0 Å². The summed E-state index contributed by atoms with van der Waals surface area (Å²) in [5.41, 5.74) is 0. The van der Waals surface area contributed by atoms with Crippen molar-refractivity contribution in [3.63, 3.8) is 0 Å². The zero-order chi connectivity index (χ0) is 21.0. The molecule has 3 rings (SSSR count). The molecule has 28 heavy (non-hydrogen) atoms. The highest BCUT2D eigenvalue weighted by Gasteiger charge is 2.39. The number of hydrogen-bond donors (Lipinski definition) is 1. The van der Waals surface area contributed by atoms with Crippen molar-refractivity contribution >= 4 is 35.1 Å². The Morgan fingerprint density at radius 2 is 0.857 bits per heavy atom. The van der Waals surface area contributed by atoms with Crippen LogP contribution in [0.2, 0.25) is 0 Å². The van der Waals surface area contributed by atoms with Crippen molar-refractivity contribution in [3.05, 3.63) is 91.0 Å². The van der Waals surface area contributed by atoms with Crippen molar-refractivity contribution in [2.75, 3.05) is 6.66 Å². The third-order valence-corrected chi connectivity index (χ3v) is 7.81. The molecule has 0 heterocycles. The Labute approximate surface area is 166 Å². The maximum atomic E-state index is 9.00. The van der Waals surface area contributed by atoms with Gasteiger partial charge in [0.05, 0.1) is 6.66 Å². The Bertz CT molecular complexity index is 733. The van der Waals surface area contributed by atoms with Crippen molar-refractivity contribution in [1.29, 1.82) is 0 Å². The summed E-state index contributed by atoms with van der Waals surface area (Å²) < 4.78 is 0. The third kappa shape index (κ3) is 7.34. The number of benzene rings is 3. The first kappa shape index (κ1) is 23.1. The summed E-state index contributed by atoms with van der Waals surface area (Å²) in [4.78, 5) is 17.9. The molecule has 0 aliphatic carbocycles. The van der Waals surface area contributed by atoms with Crippen LogP contribution in [0.5, 0.6) is 0 Å². The highest BCUT2D eigenvalue weighted by molar-refractivity contribution is 7.95. The largest absolute Gasteiger partial charge is 0.550 e. The minimum absolute atomic E-state index is 0.833. The zero-order valence-electron chi connectivity index (χ0n) is 16.3. The van der Waals surface area contributed by atoms with Gasteiger partial charge in [0.1, 0.15) is 23.2 Å². The Morgan fingerprint density at radius 1 is 0.679 bits per heavy atom. The first-order chi connectivity index (χ1) is 13.3. The number of rotatable bonds is 3. The monoisotopic (exact) mass is 396 g/mol. The minimum atomic E-state index is -1.53. The van der Waals surface area contributed by atoms with E-state index in [0.29, 0.717) is 0 Å². The van der Waals surface area contributed by atoms with Gasteiger partial charge in [-0.1, -0.05) is 54.6 Å². The highest BCUT2D eigenvalue weighted by atomic mass is 31.2. The quantitative estimate of drug-likeness (QED) is 0.690. The van der Waals surface area contributed by atoms with Crippen LogP contribution < -0.4 is 21.0 Å². The van der Waals surface area contributed by atoms with Gasteiger partial charge in [0.2, 0.25) is 0 Å². The van der Waals surface area contributed by atoms with E-state index in [4.69, 9.17) is 19.8 Å². The molecule has 0 amide bonds. The van der Waals surface area contributed by atoms with E-state index in [2.05, 4.69) is 97.7 Å². The summed E-state index contributed by atoms with van der Waals surface area (Å²) in [5, 5.41) is 20.6. The van der Waals surface area contributed by atoms with Gasteiger partial charge in [0.15, 0.2) is 0 Å². The molecule has 0 aromatic heterocycles. The van der Waals surface area contributed by atoms with E-state index in [1.165, 1.54) is 15.9 Å². The zero-order valence-corrected chi connectivity index (χ0v) is 17.2.